The smallest absolute Gasteiger partial charge is 0.313 e. The van der Waals surface area contributed by atoms with E-state index in [1.807, 2.05) is 25.1 Å². The Labute approximate surface area is 78.5 Å². The van der Waals surface area contributed by atoms with Crippen molar-refractivity contribution in [3.8, 4) is 0 Å². The number of rotatable bonds is 3. The fourth-order valence-corrected chi connectivity index (χ4v) is 1.28. The Balaban J connectivity index is 2.85. The molecule has 0 saturated carbocycles. The number of hydrogen-bond acceptors (Lipinski definition) is 2. The summed E-state index contributed by atoms with van der Waals surface area (Å²) in [4.78, 5) is 11.3. The first-order chi connectivity index (χ1) is 6.29. The standard InChI is InChI=1S/C11H13O2/c1-3-10(11(12)13-2)9-7-5-4-6-8-9/h4-7,10H,3H2,1-2H3. The van der Waals surface area contributed by atoms with Crippen LogP contribution in [0.5, 0.6) is 0 Å². The van der Waals surface area contributed by atoms with Gasteiger partial charge in [0.1, 0.15) is 0 Å². The van der Waals surface area contributed by atoms with Gasteiger partial charge in [0, 0.05) is 0 Å². The molecule has 0 aliphatic carbocycles. The van der Waals surface area contributed by atoms with Gasteiger partial charge in [-0.05, 0) is 18.1 Å². The predicted octanol–water partition coefficient (Wildman–Crippen LogP) is 2.15. The number of esters is 1. The third-order valence-electron chi connectivity index (χ3n) is 2.00. The number of carbonyl (C=O) groups is 1. The predicted molar refractivity (Wildman–Crippen MR) is 50.3 cm³/mol. The van der Waals surface area contributed by atoms with Crippen LogP contribution in [0.3, 0.4) is 0 Å². The molecule has 1 unspecified atom stereocenters. The summed E-state index contributed by atoms with van der Waals surface area (Å²) in [6.45, 7) is 1.96. The van der Waals surface area contributed by atoms with E-state index < -0.39 is 0 Å². The Bertz CT molecular complexity index is 267. The van der Waals surface area contributed by atoms with Crippen LogP contribution in [0.15, 0.2) is 24.3 Å². The fourth-order valence-electron chi connectivity index (χ4n) is 1.28. The van der Waals surface area contributed by atoms with Crippen LogP contribution in [-0.2, 0) is 9.53 Å². The first kappa shape index (κ1) is 9.78. The van der Waals surface area contributed by atoms with Crippen molar-refractivity contribution in [2.24, 2.45) is 0 Å². The Kier molecular flexibility index (Phi) is 3.50. The number of hydrogen-bond donors (Lipinski definition) is 0. The molecule has 2 nitrogen and oxygen atoms in total. The van der Waals surface area contributed by atoms with Gasteiger partial charge in [0.2, 0.25) is 0 Å². The zero-order valence-corrected chi connectivity index (χ0v) is 7.91. The van der Waals surface area contributed by atoms with Crippen LogP contribution in [0.1, 0.15) is 24.8 Å². The minimum Gasteiger partial charge on any atom is -0.469 e. The van der Waals surface area contributed by atoms with Crippen molar-refractivity contribution in [1.29, 1.82) is 0 Å². The van der Waals surface area contributed by atoms with Crippen LogP contribution >= 0.6 is 0 Å². The van der Waals surface area contributed by atoms with E-state index in [1.54, 1.807) is 6.07 Å². The summed E-state index contributed by atoms with van der Waals surface area (Å²) in [7, 11) is 1.41. The molecule has 1 atom stereocenters. The third kappa shape index (κ3) is 2.31. The first-order valence-electron chi connectivity index (χ1n) is 4.34. The van der Waals surface area contributed by atoms with Gasteiger partial charge in [0.05, 0.1) is 13.0 Å². The SMILES string of the molecule is CCC(C(=O)OC)c1[c]cccc1. The Hall–Kier alpha value is -1.31. The quantitative estimate of drug-likeness (QED) is 0.661. The topological polar surface area (TPSA) is 26.3 Å². The zero-order chi connectivity index (χ0) is 9.68. The molecule has 2 heteroatoms. The zero-order valence-electron chi connectivity index (χ0n) is 7.91. The van der Waals surface area contributed by atoms with E-state index in [2.05, 4.69) is 6.07 Å². The van der Waals surface area contributed by atoms with Crippen molar-refractivity contribution < 1.29 is 9.53 Å². The highest BCUT2D eigenvalue weighted by Crippen LogP contribution is 2.19. The van der Waals surface area contributed by atoms with Gasteiger partial charge >= 0.3 is 5.97 Å². The van der Waals surface area contributed by atoms with E-state index in [9.17, 15) is 4.79 Å². The second-order valence-electron chi connectivity index (χ2n) is 2.80. The molecule has 0 aromatic heterocycles. The molecule has 0 bridgehead atoms. The van der Waals surface area contributed by atoms with Crippen LogP contribution in [0, 0.1) is 6.07 Å². The van der Waals surface area contributed by atoms with Crippen molar-refractivity contribution in [3.63, 3.8) is 0 Å². The Morgan fingerprint density at radius 3 is 2.85 bits per heavy atom. The molecule has 0 spiro atoms. The van der Waals surface area contributed by atoms with E-state index in [0.29, 0.717) is 0 Å². The van der Waals surface area contributed by atoms with E-state index in [4.69, 9.17) is 4.74 Å². The molecule has 0 fully saturated rings. The molecule has 0 amide bonds. The second kappa shape index (κ2) is 4.65. The molecule has 0 heterocycles. The summed E-state index contributed by atoms with van der Waals surface area (Å²) in [5.41, 5.74) is 0.900. The van der Waals surface area contributed by atoms with Gasteiger partial charge in [0.15, 0.2) is 0 Å². The average Bonchev–Trinajstić information content (AvgIpc) is 2.20. The molecular weight excluding hydrogens is 164 g/mol. The van der Waals surface area contributed by atoms with Crippen molar-refractivity contribution in [3.05, 3.63) is 35.9 Å². The number of ether oxygens (including phenoxy) is 1. The van der Waals surface area contributed by atoms with Crippen LogP contribution in [0.2, 0.25) is 0 Å². The summed E-state index contributed by atoms with van der Waals surface area (Å²) in [5, 5.41) is 0. The molecule has 13 heavy (non-hydrogen) atoms. The molecule has 0 aliphatic rings. The van der Waals surface area contributed by atoms with E-state index in [-0.39, 0.29) is 11.9 Å². The largest absolute Gasteiger partial charge is 0.469 e. The van der Waals surface area contributed by atoms with Gasteiger partial charge < -0.3 is 4.74 Å². The molecule has 0 saturated heterocycles. The van der Waals surface area contributed by atoms with Gasteiger partial charge in [-0.15, -0.1) is 0 Å². The van der Waals surface area contributed by atoms with Gasteiger partial charge in [-0.25, -0.2) is 0 Å². The fraction of sp³-hybridized carbons (Fsp3) is 0.364. The molecule has 0 aliphatic heterocycles. The van der Waals surface area contributed by atoms with Crippen LogP contribution < -0.4 is 0 Å². The maximum Gasteiger partial charge on any atom is 0.313 e. The minimum absolute atomic E-state index is 0.175. The lowest BCUT2D eigenvalue weighted by Gasteiger charge is -2.11. The molecule has 1 aromatic rings. The van der Waals surface area contributed by atoms with Gasteiger partial charge in [-0.2, -0.15) is 0 Å². The van der Waals surface area contributed by atoms with Gasteiger partial charge in [-0.3, -0.25) is 4.79 Å². The number of carbonyl (C=O) groups excluding carboxylic acids is 1. The van der Waals surface area contributed by atoms with Crippen molar-refractivity contribution in [2.45, 2.75) is 19.3 Å². The number of methoxy groups -OCH3 is 1. The molecule has 69 valence electrons. The average molecular weight is 177 g/mol. The van der Waals surface area contributed by atoms with E-state index in [0.717, 1.165) is 12.0 Å². The highest BCUT2D eigenvalue weighted by molar-refractivity contribution is 5.77. The monoisotopic (exact) mass is 177 g/mol. The Morgan fingerprint density at radius 1 is 1.62 bits per heavy atom. The summed E-state index contributed by atoms with van der Waals surface area (Å²) < 4.78 is 4.70. The van der Waals surface area contributed by atoms with Crippen molar-refractivity contribution >= 4 is 5.97 Å². The second-order valence-corrected chi connectivity index (χ2v) is 2.80. The summed E-state index contributed by atoms with van der Waals surface area (Å²) in [6, 6.07) is 10.5. The highest BCUT2D eigenvalue weighted by atomic mass is 16.5. The van der Waals surface area contributed by atoms with Gasteiger partial charge in [0.25, 0.3) is 0 Å². The maximum absolute atomic E-state index is 11.3. The lowest BCUT2D eigenvalue weighted by atomic mass is 9.97. The molecule has 1 aromatic carbocycles. The molecular formula is C11H13O2. The highest BCUT2D eigenvalue weighted by Gasteiger charge is 2.18. The van der Waals surface area contributed by atoms with Crippen LogP contribution in [0.4, 0.5) is 0 Å². The Morgan fingerprint density at radius 2 is 2.38 bits per heavy atom. The maximum atomic E-state index is 11.3. The summed E-state index contributed by atoms with van der Waals surface area (Å²) in [6.07, 6.45) is 0.743. The molecule has 0 N–H and O–H groups in total. The third-order valence-corrected chi connectivity index (χ3v) is 2.00. The first-order valence-corrected chi connectivity index (χ1v) is 4.34. The van der Waals surface area contributed by atoms with Crippen molar-refractivity contribution in [2.75, 3.05) is 7.11 Å². The van der Waals surface area contributed by atoms with E-state index in [1.165, 1.54) is 7.11 Å². The lowest BCUT2D eigenvalue weighted by molar-refractivity contribution is -0.142. The molecule has 1 rings (SSSR count). The summed E-state index contributed by atoms with van der Waals surface area (Å²) in [5.74, 6) is -0.365. The minimum atomic E-state index is -0.190. The van der Waals surface area contributed by atoms with Crippen LogP contribution in [-0.4, -0.2) is 13.1 Å². The van der Waals surface area contributed by atoms with Crippen molar-refractivity contribution in [1.82, 2.24) is 0 Å². The van der Waals surface area contributed by atoms with E-state index >= 15 is 0 Å². The number of benzene rings is 1. The van der Waals surface area contributed by atoms with Gasteiger partial charge in [-0.1, -0.05) is 31.2 Å². The molecule has 1 radical (unpaired) electrons. The summed E-state index contributed by atoms with van der Waals surface area (Å²) >= 11 is 0. The lowest BCUT2D eigenvalue weighted by Crippen LogP contribution is -2.13. The van der Waals surface area contributed by atoms with Crippen LogP contribution in [0.25, 0.3) is 0 Å². The normalized spacial score (nSPS) is 12.2.